The van der Waals surface area contributed by atoms with Gasteiger partial charge in [-0.2, -0.15) is 0 Å². The molecule has 0 aromatic heterocycles. The molecule has 0 unspecified atom stereocenters. The van der Waals surface area contributed by atoms with Crippen LogP contribution < -0.4 is 5.32 Å². The average Bonchev–Trinajstić information content (AvgIpc) is 3.13. The third-order valence-corrected chi connectivity index (χ3v) is 5.07. The fraction of sp³-hybridized carbons (Fsp3) is 0.429. The Morgan fingerprint density at radius 3 is 2.60 bits per heavy atom. The van der Waals surface area contributed by atoms with Gasteiger partial charge >= 0.3 is 5.97 Å². The number of hydrogen-bond acceptors (Lipinski definition) is 3. The molecular formula is C21H25NO3. The van der Waals surface area contributed by atoms with E-state index in [4.69, 9.17) is 4.74 Å². The molecule has 132 valence electrons. The Balaban J connectivity index is 1.74. The molecule has 2 aromatic rings. The van der Waals surface area contributed by atoms with Crippen molar-refractivity contribution in [3.05, 3.63) is 48.0 Å². The first-order valence-electron chi connectivity index (χ1n) is 9.01. The number of amides is 1. The van der Waals surface area contributed by atoms with Gasteiger partial charge in [0.15, 0.2) is 0 Å². The normalized spacial score (nSPS) is 15.9. The van der Waals surface area contributed by atoms with E-state index in [0.29, 0.717) is 18.8 Å². The van der Waals surface area contributed by atoms with E-state index in [2.05, 4.69) is 5.32 Å². The topological polar surface area (TPSA) is 55.4 Å². The van der Waals surface area contributed by atoms with Crippen molar-refractivity contribution < 1.29 is 14.3 Å². The molecular weight excluding hydrogens is 314 g/mol. The molecule has 1 amide bonds. The fourth-order valence-electron chi connectivity index (χ4n) is 3.76. The van der Waals surface area contributed by atoms with E-state index in [1.165, 1.54) is 20.0 Å². The van der Waals surface area contributed by atoms with Gasteiger partial charge < -0.3 is 10.1 Å². The van der Waals surface area contributed by atoms with Gasteiger partial charge in [0.2, 0.25) is 5.91 Å². The quantitative estimate of drug-likeness (QED) is 0.818. The van der Waals surface area contributed by atoms with Crippen LogP contribution >= 0.6 is 0 Å². The summed E-state index contributed by atoms with van der Waals surface area (Å²) in [7, 11) is 1.36. The molecule has 0 bridgehead atoms. The van der Waals surface area contributed by atoms with E-state index in [9.17, 15) is 9.59 Å². The number of ether oxygens (including phenoxy) is 1. The van der Waals surface area contributed by atoms with Crippen LogP contribution in [0.25, 0.3) is 10.8 Å². The van der Waals surface area contributed by atoms with Gasteiger partial charge in [-0.05, 0) is 35.1 Å². The lowest BCUT2D eigenvalue weighted by Crippen LogP contribution is -2.43. The molecule has 25 heavy (non-hydrogen) atoms. The van der Waals surface area contributed by atoms with Gasteiger partial charge in [0.25, 0.3) is 0 Å². The van der Waals surface area contributed by atoms with Gasteiger partial charge in [0.05, 0.1) is 7.11 Å². The highest BCUT2D eigenvalue weighted by Crippen LogP contribution is 2.27. The number of benzene rings is 2. The molecule has 0 radical (unpaired) electrons. The van der Waals surface area contributed by atoms with Crippen molar-refractivity contribution in [2.75, 3.05) is 7.11 Å². The van der Waals surface area contributed by atoms with Crippen LogP contribution in [0.1, 0.15) is 37.7 Å². The van der Waals surface area contributed by atoms with Crippen molar-refractivity contribution in [1.82, 2.24) is 5.32 Å². The van der Waals surface area contributed by atoms with Gasteiger partial charge in [-0.3, -0.25) is 4.79 Å². The molecule has 3 rings (SSSR count). The average molecular weight is 339 g/mol. The maximum absolute atomic E-state index is 12.4. The highest BCUT2D eigenvalue weighted by Gasteiger charge is 2.25. The van der Waals surface area contributed by atoms with Crippen molar-refractivity contribution in [3.8, 4) is 0 Å². The zero-order valence-corrected chi connectivity index (χ0v) is 14.7. The SMILES string of the molecule is COC(=O)[C@@H](Cc1cccc2ccccc12)NC(=O)CC1CCCC1. The number of rotatable bonds is 6. The molecule has 1 atom stereocenters. The summed E-state index contributed by atoms with van der Waals surface area (Å²) in [5, 5.41) is 5.12. The fourth-order valence-corrected chi connectivity index (χ4v) is 3.76. The second-order valence-electron chi connectivity index (χ2n) is 6.84. The lowest BCUT2D eigenvalue weighted by molar-refractivity contribution is -0.145. The number of methoxy groups -OCH3 is 1. The summed E-state index contributed by atoms with van der Waals surface area (Å²) in [5.41, 5.74) is 1.04. The first kappa shape index (κ1) is 17.5. The summed E-state index contributed by atoms with van der Waals surface area (Å²) in [6, 6.07) is 13.4. The minimum absolute atomic E-state index is 0.0532. The van der Waals surface area contributed by atoms with E-state index >= 15 is 0 Å². The van der Waals surface area contributed by atoms with Crippen LogP contribution in [0.2, 0.25) is 0 Å². The molecule has 1 N–H and O–H groups in total. The molecule has 4 nitrogen and oxygen atoms in total. The van der Waals surface area contributed by atoms with Gasteiger partial charge in [-0.1, -0.05) is 55.3 Å². The lowest BCUT2D eigenvalue weighted by atomic mass is 9.98. The molecule has 1 fully saturated rings. The minimum atomic E-state index is -0.648. The molecule has 2 aromatic carbocycles. The number of carbonyl (C=O) groups is 2. The summed E-state index contributed by atoms with van der Waals surface area (Å²) >= 11 is 0. The zero-order chi connectivity index (χ0) is 17.6. The lowest BCUT2D eigenvalue weighted by Gasteiger charge is -2.19. The molecule has 0 spiro atoms. The summed E-state index contributed by atoms with van der Waals surface area (Å²) in [5.74, 6) is 0.00564. The van der Waals surface area contributed by atoms with Crippen LogP contribution in [0.4, 0.5) is 0 Å². The highest BCUT2D eigenvalue weighted by molar-refractivity contribution is 5.88. The van der Waals surface area contributed by atoms with Gasteiger partial charge in [0.1, 0.15) is 6.04 Å². The number of carbonyl (C=O) groups excluding carboxylic acids is 2. The second kappa shape index (κ2) is 8.15. The summed E-state index contributed by atoms with van der Waals surface area (Å²) in [4.78, 5) is 24.6. The molecule has 0 aliphatic heterocycles. The Kier molecular flexibility index (Phi) is 5.69. The molecule has 0 saturated heterocycles. The second-order valence-corrected chi connectivity index (χ2v) is 6.84. The maximum Gasteiger partial charge on any atom is 0.328 e. The van der Waals surface area contributed by atoms with E-state index in [1.54, 1.807) is 0 Å². The number of hydrogen-bond donors (Lipinski definition) is 1. The van der Waals surface area contributed by atoms with Crippen LogP contribution in [0.5, 0.6) is 0 Å². The monoisotopic (exact) mass is 339 g/mol. The predicted octanol–water partition coefficient (Wildman–Crippen LogP) is 3.62. The van der Waals surface area contributed by atoms with E-state index in [0.717, 1.165) is 29.2 Å². The Hall–Kier alpha value is -2.36. The molecule has 4 heteroatoms. The largest absolute Gasteiger partial charge is 0.467 e. The Bertz CT molecular complexity index is 744. The first-order valence-corrected chi connectivity index (χ1v) is 9.01. The van der Waals surface area contributed by atoms with E-state index in [1.807, 2.05) is 42.5 Å². The van der Waals surface area contributed by atoms with E-state index in [-0.39, 0.29) is 5.91 Å². The van der Waals surface area contributed by atoms with Crippen molar-refractivity contribution in [2.24, 2.45) is 5.92 Å². The van der Waals surface area contributed by atoms with Crippen LogP contribution in [0.15, 0.2) is 42.5 Å². The van der Waals surface area contributed by atoms with E-state index < -0.39 is 12.0 Å². The summed E-state index contributed by atoms with van der Waals surface area (Å²) < 4.78 is 4.91. The smallest absolute Gasteiger partial charge is 0.328 e. The van der Waals surface area contributed by atoms with Crippen LogP contribution in [0.3, 0.4) is 0 Å². The molecule has 1 saturated carbocycles. The third-order valence-electron chi connectivity index (χ3n) is 5.07. The third kappa shape index (κ3) is 4.38. The zero-order valence-electron chi connectivity index (χ0n) is 14.7. The minimum Gasteiger partial charge on any atom is -0.467 e. The van der Waals surface area contributed by atoms with Crippen molar-refractivity contribution in [3.63, 3.8) is 0 Å². The highest BCUT2D eigenvalue weighted by atomic mass is 16.5. The van der Waals surface area contributed by atoms with Gasteiger partial charge in [-0.15, -0.1) is 0 Å². The Labute approximate surface area is 148 Å². The predicted molar refractivity (Wildman–Crippen MR) is 98.2 cm³/mol. The molecule has 1 aliphatic carbocycles. The number of esters is 1. The van der Waals surface area contributed by atoms with Crippen molar-refractivity contribution in [1.29, 1.82) is 0 Å². The van der Waals surface area contributed by atoms with Crippen LogP contribution in [-0.2, 0) is 20.7 Å². The Morgan fingerprint density at radius 1 is 1.12 bits per heavy atom. The van der Waals surface area contributed by atoms with Crippen LogP contribution in [-0.4, -0.2) is 25.0 Å². The maximum atomic E-state index is 12.4. The van der Waals surface area contributed by atoms with Gasteiger partial charge in [-0.25, -0.2) is 4.79 Å². The van der Waals surface area contributed by atoms with Crippen molar-refractivity contribution in [2.45, 2.75) is 44.6 Å². The molecule has 0 heterocycles. The summed E-state index contributed by atoms with van der Waals surface area (Å²) in [6.45, 7) is 0. The molecule has 1 aliphatic rings. The van der Waals surface area contributed by atoms with Crippen molar-refractivity contribution >= 4 is 22.6 Å². The standard InChI is InChI=1S/C21H25NO3/c1-25-21(24)19(22-20(23)13-15-7-2-3-8-15)14-17-11-6-10-16-9-4-5-12-18(16)17/h4-6,9-12,15,19H,2-3,7-8,13-14H2,1H3,(H,22,23)/t19-/m1/s1. The first-order chi connectivity index (χ1) is 12.2. The number of fused-ring (bicyclic) bond motifs is 1. The Morgan fingerprint density at radius 2 is 1.84 bits per heavy atom. The van der Waals surface area contributed by atoms with Gasteiger partial charge in [0, 0.05) is 12.8 Å². The summed E-state index contributed by atoms with van der Waals surface area (Å²) in [6.07, 6.45) is 5.56. The van der Waals surface area contributed by atoms with Crippen LogP contribution in [0, 0.1) is 5.92 Å². The number of nitrogens with one attached hydrogen (secondary N) is 1.